The zero-order chi connectivity index (χ0) is 11.4. The third kappa shape index (κ3) is 3.19. The SMILES string of the molecule is Cc1cc(NCCC2CCOC2)ncc1Br. The first-order valence-electron chi connectivity index (χ1n) is 5.69. The van der Waals surface area contributed by atoms with Crippen LogP contribution in [0.2, 0.25) is 0 Å². The molecule has 1 fully saturated rings. The van der Waals surface area contributed by atoms with Gasteiger partial charge in [-0.2, -0.15) is 0 Å². The Labute approximate surface area is 105 Å². The van der Waals surface area contributed by atoms with Crippen molar-refractivity contribution in [3.05, 3.63) is 22.3 Å². The summed E-state index contributed by atoms with van der Waals surface area (Å²) in [7, 11) is 0. The van der Waals surface area contributed by atoms with Crippen molar-refractivity contribution in [3.63, 3.8) is 0 Å². The fourth-order valence-electron chi connectivity index (χ4n) is 1.85. The molecule has 1 aromatic rings. The van der Waals surface area contributed by atoms with Crippen molar-refractivity contribution in [3.8, 4) is 0 Å². The van der Waals surface area contributed by atoms with Gasteiger partial charge >= 0.3 is 0 Å². The summed E-state index contributed by atoms with van der Waals surface area (Å²) in [4.78, 5) is 4.31. The minimum absolute atomic E-state index is 0.726. The lowest BCUT2D eigenvalue weighted by molar-refractivity contribution is 0.185. The molecule has 0 bridgehead atoms. The van der Waals surface area contributed by atoms with Crippen LogP contribution in [0.1, 0.15) is 18.4 Å². The van der Waals surface area contributed by atoms with Gasteiger partial charge in [0.05, 0.1) is 0 Å². The summed E-state index contributed by atoms with van der Waals surface area (Å²) >= 11 is 3.44. The standard InChI is InChI=1S/C12H17BrN2O/c1-9-6-12(15-7-11(9)13)14-4-2-10-3-5-16-8-10/h6-7,10H,2-5,8H2,1H3,(H,14,15). The third-order valence-corrected chi connectivity index (χ3v) is 3.76. The second-order valence-corrected chi connectivity index (χ2v) is 5.12. The average molecular weight is 285 g/mol. The molecule has 1 aliphatic rings. The number of halogens is 1. The second-order valence-electron chi connectivity index (χ2n) is 4.26. The van der Waals surface area contributed by atoms with Gasteiger partial charge in [0.2, 0.25) is 0 Å². The molecule has 0 saturated carbocycles. The fraction of sp³-hybridized carbons (Fsp3) is 0.583. The Hall–Kier alpha value is -0.610. The molecule has 1 saturated heterocycles. The van der Waals surface area contributed by atoms with E-state index in [-0.39, 0.29) is 0 Å². The van der Waals surface area contributed by atoms with Gasteiger partial charge in [-0.05, 0) is 53.2 Å². The van der Waals surface area contributed by atoms with Crippen LogP contribution in [0.15, 0.2) is 16.7 Å². The molecule has 1 aliphatic heterocycles. The molecule has 1 atom stereocenters. The van der Waals surface area contributed by atoms with E-state index in [9.17, 15) is 0 Å². The summed E-state index contributed by atoms with van der Waals surface area (Å²) in [6, 6.07) is 2.06. The average Bonchev–Trinajstić information content (AvgIpc) is 2.76. The van der Waals surface area contributed by atoms with Crippen molar-refractivity contribution in [2.24, 2.45) is 5.92 Å². The molecule has 1 unspecified atom stereocenters. The monoisotopic (exact) mass is 284 g/mol. The van der Waals surface area contributed by atoms with Crippen LogP contribution < -0.4 is 5.32 Å². The maximum absolute atomic E-state index is 5.35. The first-order valence-corrected chi connectivity index (χ1v) is 6.49. The number of aryl methyl sites for hydroxylation is 1. The summed E-state index contributed by atoms with van der Waals surface area (Å²) < 4.78 is 6.40. The van der Waals surface area contributed by atoms with Crippen molar-refractivity contribution in [1.82, 2.24) is 4.98 Å². The summed E-state index contributed by atoms with van der Waals surface area (Å²) in [5, 5.41) is 3.35. The molecule has 16 heavy (non-hydrogen) atoms. The van der Waals surface area contributed by atoms with Crippen LogP contribution >= 0.6 is 15.9 Å². The highest BCUT2D eigenvalue weighted by atomic mass is 79.9. The number of anilines is 1. The first kappa shape index (κ1) is 11.9. The molecule has 1 N–H and O–H groups in total. The van der Waals surface area contributed by atoms with E-state index in [4.69, 9.17) is 4.74 Å². The summed E-state index contributed by atoms with van der Waals surface area (Å²) in [6.07, 6.45) is 4.21. The van der Waals surface area contributed by atoms with Crippen molar-refractivity contribution in [2.45, 2.75) is 19.8 Å². The van der Waals surface area contributed by atoms with E-state index >= 15 is 0 Å². The van der Waals surface area contributed by atoms with E-state index in [1.807, 2.05) is 6.20 Å². The number of nitrogens with one attached hydrogen (secondary N) is 1. The topological polar surface area (TPSA) is 34.1 Å². The number of hydrogen-bond acceptors (Lipinski definition) is 3. The number of pyridine rings is 1. The minimum Gasteiger partial charge on any atom is -0.381 e. The maximum atomic E-state index is 5.35. The molecule has 2 rings (SSSR count). The lowest BCUT2D eigenvalue weighted by atomic mass is 10.1. The Morgan fingerprint density at radius 1 is 1.62 bits per heavy atom. The van der Waals surface area contributed by atoms with E-state index in [0.717, 1.165) is 42.4 Å². The van der Waals surface area contributed by atoms with Gasteiger partial charge in [-0.25, -0.2) is 4.98 Å². The molecular formula is C12H17BrN2O. The van der Waals surface area contributed by atoms with Gasteiger partial charge in [-0.1, -0.05) is 0 Å². The Morgan fingerprint density at radius 2 is 2.50 bits per heavy atom. The van der Waals surface area contributed by atoms with Crippen LogP contribution in [0.5, 0.6) is 0 Å². The zero-order valence-corrected chi connectivity index (χ0v) is 11.1. The van der Waals surface area contributed by atoms with Crippen molar-refractivity contribution < 1.29 is 4.74 Å². The second kappa shape index (κ2) is 5.64. The molecule has 88 valence electrons. The van der Waals surface area contributed by atoms with Gasteiger partial charge in [0.15, 0.2) is 0 Å². The highest BCUT2D eigenvalue weighted by Crippen LogP contribution is 2.19. The number of ether oxygens (including phenoxy) is 1. The van der Waals surface area contributed by atoms with Gasteiger partial charge in [0.25, 0.3) is 0 Å². The number of hydrogen-bond donors (Lipinski definition) is 1. The number of aromatic nitrogens is 1. The van der Waals surface area contributed by atoms with Crippen molar-refractivity contribution in [2.75, 3.05) is 25.1 Å². The molecule has 2 heterocycles. The van der Waals surface area contributed by atoms with E-state index in [1.54, 1.807) is 0 Å². The van der Waals surface area contributed by atoms with Crippen molar-refractivity contribution in [1.29, 1.82) is 0 Å². The molecule has 0 radical (unpaired) electrons. The maximum Gasteiger partial charge on any atom is 0.126 e. The minimum atomic E-state index is 0.726. The smallest absolute Gasteiger partial charge is 0.126 e. The molecule has 4 heteroatoms. The lowest BCUT2D eigenvalue weighted by Gasteiger charge is -2.09. The molecular weight excluding hydrogens is 268 g/mol. The molecule has 3 nitrogen and oxygen atoms in total. The predicted octanol–water partition coefficient (Wildman–Crippen LogP) is 2.99. The molecule has 0 amide bonds. The third-order valence-electron chi connectivity index (χ3n) is 2.93. The van der Waals surface area contributed by atoms with Crippen LogP contribution in [0.3, 0.4) is 0 Å². The van der Waals surface area contributed by atoms with Gasteiger partial charge in [0.1, 0.15) is 5.82 Å². The van der Waals surface area contributed by atoms with E-state index in [2.05, 4.69) is 39.2 Å². The summed E-state index contributed by atoms with van der Waals surface area (Å²) in [5.74, 6) is 1.68. The Morgan fingerprint density at radius 3 is 3.19 bits per heavy atom. The number of rotatable bonds is 4. The zero-order valence-electron chi connectivity index (χ0n) is 9.50. The van der Waals surface area contributed by atoms with Crippen LogP contribution in [-0.2, 0) is 4.74 Å². The molecule has 1 aromatic heterocycles. The lowest BCUT2D eigenvalue weighted by Crippen LogP contribution is -2.09. The highest BCUT2D eigenvalue weighted by molar-refractivity contribution is 9.10. The normalized spacial score (nSPS) is 20.0. The largest absolute Gasteiger partial charge is 0.381 e. The van der Waals surface area contributed by atoms with Crippen LogP contribution in [-0.4, -0.2) is 24.7 Å². The molecule has 0 aliphatic carbocycles. The van der Waals surface area contributed by atoms with E-state index < -0.39 is 0 Å². The predicted molar refractivity (Wildman–Crippen MR) is 68.7 cm³/mol. The Balaban J connectivity index is 1.78. The van der Waals surface area contributed by atoms with E-state index in [0.29, 0.717) is 0 Å². The quantitative estimate of drug-likeness (QED) is 0.923. The molecule has 0 aromatic carbocycles. The fourth-order valence-corrected chi connectivity index (χ4v) is 2.07. The summed E-state index contributed by atoms with van der Waals surface area (Å²) in [6.45, 7) is 4.90. The van der Waals surface area contributed by atoms with Gasteiger partial charge in [-0.15, -0.1) is 0 Å². The Kier molecular flexibility index (Phi) is 4.18. The summed E-state index contributed by atoms with van der Waals surface area (Å²) in [5.41, 5.74) is 1.21. The van der Waals surface area contributed by atoms with Gasteiger partial charge < -0.3 is 10.1 Å². The molecule has 0 spiro atoms. The van der Waals surface area contributed by atoms with Crippen molar-refractivity contribution >= 4 is 21.7 Å². The van der Waals surface area contributed by atoms with Gasteiger partial charge in [-0.3, -0.25) is 0 Å². The van der Waals surface area contributed by atoms with E-state index in [1.165, 1.54) is 12.0 Å². The van der Waals surface area contributed by atoms with Crippen LogP contribution in [0, 0.1) is 12.8 Å². The van der Waals surface area contributed by atoms with Crippen LogP contribution in [0.4, 0.5) is 5.82 Å². The first-order chi connectivity index (χ1) is 7.75. The number of nitrogens with zero attached hydrogens (tertiary/aromatic N) is 1. The van der Waals surface area contributed by atoms with Crippen LogP contribution in [0.25, 0.3) is 0 Å². The van der Waals surface area contributed by atoms with Gasteiger partial charge in [0, 0.05) is 30.4 Å². The highest BCUT2D eigenvalue weighted by Gasteiger charge is 2.14. The Bertz CT molecular complexity index is 351.